The molecule has 1 aliphatic heterocycles. The van der Waals surface area contributed by atoms with Crippen LogP contribution in [-0.2, 0) is 4.79 Å². The predicted molar refractivity (Wildman–Crippen MR) is 83.7 cm³/mol. The number of halogens is 1. The van der Waals surface area contributed by atoms with Crippen molar-refractivity contribution in [1.82, 2.24) is 5.32 Å². The van der Waals surface area contributed by atoms with Gasteiger partial charge in [-0.2, -0.15) is 0 Å². The van der Waals surface area contributed by atoms with Crippen molar-refractivity contribution in [3.05, 3.63) is 29.6 Å². The van der Waals surface area contributed by atoms with Crippen LogP contribution in [-0.4, -0.2) is 12.5 Å². The van der Waals surface area contributed by atoms with Gasteiger partial charge in [0, 0.05) is 11.3 Å². The van der Waals surface area contributed by atoms with E-state index >= 15 is 0 Å². The Balaban J connectivity index is 1.72. The number of nitrogens with one attached hydrogen (secondary N) is 2. The molecule has 4 heteroatoms. The van der Waals surface area contributed by atoms with Crippen LogP contribution in [0.25, 0.3) is 0 Å². The molecule has 1 aromatic carbocycles. The average molecular weight is 292 g/mol. The van der Waals surface area contributed by atoms with Gasteiger partial charge in [-0.25, -0.2) is 4.39 Å². The molecule has 2 N–H and O–H groups in total. The number of hydrogen-bond acceptors (Lipinski definition) is 2. The zero-order valence-corrected chi connectivity index (χ0v) is 12.9. The lowest BCUT2D eigenvalue weighted by Gasteiger charge is -2.11. The molecule has 0 fully saturated rings. The molecule has 1 atom stereocenters. The normalized spacial score (nSPS) is 17.1. The zero-order valence-electron chi connectivity index (χ0n) is 12.9. The Kier molecular flexibility index (Phi) is 5.74. The molecule has 2 rings (SSSR count). The topological polar surface area (TPSA) is 41.1 Å². The van der Waals surface area contributed by atoms with E-state index in [0.29, 0.717) is 0 Å². The van der Waals surface area contributed by atoms with Crippen LogP contribution in [0.15, 0.2) is 18.2 Å². The zero-order chi connectivity index (χ0) is 15.2. The fourth-order valence-electron chi connectivity index (χ4n) is 2.71. The molecule has 0 aliphatic carbocycles. The summed E-state index contributed by atoms with van der Waals surface area (Å²) in [5, 5.41) is 6.02. The third-order valence-electron chi connectivity index (χ3n) is 3.90. The molecule has 1 aliphatic rings. The number of benzene rings is 1. The van der Waals surface area contributed by atoms with E-state index in [1.54, 1.807) is 6.07 Å². The number of carbonyl (C=O) groups excluding carboxylic acids is 1. The molecule has 0 saturated carbocycles. The molecule has 21 heavy (non-hydrogen) atoms. The van der Waals surface area contributed by atoms with Crippen molar-refractivity contribution < 1.29 is 9.18 Å². The number of amides is 1. The summed E-state index contributed by atoms with van der Waals surface area (Å²) in [6, 6.07) is 4.02. The van der Waals surface area contributed by atoms with Crippen molar-refractivity contribution in [2.45, 2.75) is 52.0 Å². The maximum absolute atomic E-state index is 13.3. The standard InChI is InChI=1S/C17H25FN2O/c1-12(2)7-5-3-4-6-10-19-16-14-11-13(18)8-9-15(14)20-17(16)21/h8-9,11-12,16,19H,3-7,10H2,1-2H3,(H,20,21). The Morgan fingerprint density at radius 1 is 1.24 bits per heavy atom. The summed E-state index contributed by atoms with van der Waals surface area (Å²) in [4.78, 5) is 11.9. The third-order valence-corrected chi connectivity index (χ3v) is 3.90. The van der Waals surface area contributed by atoms with Gasteiger partial charge < -0.3 is 10.6 Å². The second kappa shape index (κ2) is 7.55. The van der Waals surface area contributed by atoms with E-state index in [-0.39, 0.29) is 11.7 Å². The number of anilines is 1. The minimum Gasteiger partial charge on any atom is -0.324 e. The summed E-state index contributed by atoms with van der Waals surface area (Å²) in [7, 11) is 0. The highest BCUT2D eigenvalue weighted by molar-refractivity contribution is 6.02. The average Bonchev–Trinajstić information content (AvgIpc) is 2.73. The van der Waals surface area contributed by atoms with Gasteiger partial charge in [0.25, 0.3) is 0 Å². The first-order valence-corrected chi connectivity index (χ1v) is 7.91. The monoisotopic (exact) mass is 292 g/mol. The van der Waals surface area contributed by atoms with Gasteiger partial charge in [0.2, 0.25) is 5.91 Å². The quantitative estimate of drug-likeness (QED) is 0.711. The number of fused-ring (bicyclic) bond motifs is 1. The van der Waals surface area contributed by atoms with E-state index < -0.39 is 6.04 Å². The first-order valence-electron chi connectivity index (χ1n) is 7.91. The fourth-order valence-corrected chi connectivity index (χ4v) is 2.71. The van der Waals surface area contributed by atoms with Gasteiger partial charge in [-0.3, -0.25) is 4.79 Å². The van der Waals surface area contributed by atoms with Crippen LogP contribution in [0.1, 0.15) is 57.6 Å². The van der Waals surface area contributed by atoms with Gasteiger partial charge >= 0.3 is 0 Å². The first kappa shape index (κ1) is 16.0. The molecule has 1 aromatic rings. The van der Waals surface area contributed by atoms with Crippen molar-refractivity contribution >= 4 is 11.6 Å². The molecule has 1 unspecified atom stereocenters. The van der Waals surface area contributed by atoms with Gasteiger partial charge in [0.05, 0.1) is 0 Å². The van der Waals surface area contributed by atoms with Gasteiger partial charge in [-0.05, 0) is 37.1 Å². The predicted octanol–water partition coefficient (Wildman–Crippen LogP) is 4.02. The van der Waals surface area contributed by atoms with Crippen LogP contribution >= 0.6 is 0 Å². The molecular weight excluding hydrogens is 267 g/mol. The molecular formula is C17H25FN2O. The first-order chi connectivity index (χ1) is 10.1. The Morgan fingerprint density at radius 3 is 2.76 bits per heavy atom. The molecule has 1 heterocycles. The molecule has 0 saturated heterocycles. The van der Waals surface area contributed by atoms with E-state index in [1.165, 1.54) is 37.8 Å². The molecule has 0 bridgehead atoms. The van der Waals surface area contributed by atoms with Crippen LogP contribution in [0.3, 0.4) is 0 Å². The SMILES string of the molecule is CC(C)CCCCCCNC1C(=O)Nc2ccc(F)cc21. The molecule has 3 nitrogen and oxygen atoms in total. The van der Waals surface area contributed by atoms with Crippen molar-refractivity contribution in [2.75, 3.05) is 11.9 Å². The summed E-state index contributed by atoms with van der Waals surface area (Å²) < 4.78 is 13.3. The van der Waals surface area contributed by atoms with Crippen molar-refractivity contribution in [3.63, 3.8) is 0 Å². The van der Waals surface area contributed by atoms with Gasteiger partial charge in [-0.1, -0.05) is 39.5 Å². The highest BCUT2D eigenvalue weighted by Crippen LogP contribution is 2.31. The Morgan fingerprint density at radius 2 is 2.00 bits per heavy atom. The molecule has 0 radical (unpaired) electrons. The van der Waals surface area contributed by atoms with E-state index in [0.717, 1.165) is 30.1 Å². The lowest BCUT2D eigenvalue weighted by molar-refractivity contribution is -0.117. The number of rotatable bonds is 8. The van der Waals surface area contributed by atoms with Crippen molar-refractivity contribution in [3.8, 4) is 0 Å². The molecule has 1 amide bonds. The van der Waals surface area contributed by atoms with E-state index in [9.17, 15) is 9.18 Å². The molecule has 0 spiro atoms. The summed E-state index contributed by atoms with van der Waals surface area (Å²) in [6.45, 7) is 5.28. The highest BCUT2D eigenvalue weighted by atomic mass is 19.1. The minimum atomic E-state index is -0.411. The molecule has 0 aromatic heterocycles. The maximum atomic E-state index is 13.3. The van der Waals surface area contributed by atoms with E-state index in [1.807, 2.05) is 0 Å². The second-order valence-electron chi connectivity index (χ2n) is 6.20. The Bertz CT molecular complexity index is 488. The van der Waals surface area contributed by atoms with Gasteiger partial charge in [-0.15, -0.1) is 0 Å². The minimum absolute atomic E-state index is 0.0876. The summed E-state index contributed by atoms with van der Waals surface area (Å²) in [5.41, 5.74) is 1.44. The van der Waals surface area contributed by atoms with Crippen LogP contribution in [0.2, 0.25) is 0 Å². The summed E-state index contributed by atoms with van der Waals surface area (Å²) >= 11 is 0. The number of carbonyl (C=O) groups is 1. The van der Waals surface area contributed by atoms with Crippen LogP contribution in [0, 0.1) is 11.7 Å². The lowest BCUT2D eigenvalue weighted by Crippen LogP contribution is -2.28. The number of unbranched alkanes of at least 4 members (excludes halogenated alkanes) is 3. The summed E-state index contributed by atoms with van der Waals surface area (Å²) in [5.74, 6) is 0.387. The number of hydrogen-bond donors (Lipinski definition) is 2. The van der Waals surface area contributed by atoms with Gasteiger partial charge in [0.1, 0.15) is 11.9 Å². The third kappa shape index (κ3) is 4.53. The maximum Gasteiger partial charge on any atom is 0.246 e. The highest BCUT2D eigenvalue weighted by Gasteiger charge is 2.30. The van der Waals surface area contributed by atoms with Crippen molar-refractivity contribution in [2.24, 2.45) is 5.92 Å². The fraction of sp³-hybridized carbons (Fsp3) is 0.588. The van der Waals surface area contributed by atoms with Crippen LogP contribution < -0.4 is 10.6 Å². The Labute approximate surface area is 126 Å². The van der Waals surface area contributed by atoms with E-state index in [4.69, 9.17) is 0 Å². The van der Waals surface area contributed by atoms with Crippen LogP contribution in [0.5, 0.6) is 0 Å². The van der Waals surface area contributed by atoms with Crippen LogP contribution in [0.4, 0.5) is 10.1 Å². The van der Waals surface area contributed by atoms with Crippen molar-refractivity contribution in [1.29, 1.82) is 0 Å². The van der Waals surface area contributed by atoms with E-state index in [2.05, 4.69) is 24.5 Å². The lowest BCUT2D eigenvalue weighted by atomic mass is 10.0. The molecule has 116 valence electrons. The second-order valence-corrected chi connectivity index (χ2v) is 6.20. The van der Waals surface area contributed by atoms with Gasteiger partial charge in [0.15, 0.2) is 0 Å². The largest absolute Gasteiger partial charge is 0.324 e. The summed E-state index contributed by atoms with van der Waals surface area (Å²) in [6.07, 6.45) is 6.01. The Hall–Kier alpha value is -1.42. The smallest absolute Gasteiger partial charge is 0.246 e.